The molecule has 1 saturated carbocycles. The monoisotopic (exact) mass is 650 g/mol. The van der Waals surface area contributed by atoms with E-state index in [-0.39, 0.29) is 42.4 Å². The summed E-state index contributed by atoms with van der Waals surface area (Å²) in [5.74, 6) is -1.97. The normalized spacial score (nSPS) is 21.5. The quantitative estimate of drug-likeness (QED) is 0.0741. The van der Waals surface area contributed by atoms with E-state index in [1.165, 1.54) is 19.1 Å². The number of carbonyl (C=O) groups excluding carboxylic acids is 4. The number of likely N-dealkylation sites (tertiary alicyclic amines) is 1. The molecule has 1 saturated heterocycles. The summed E-state index contributed by atoms with van der Waals surface area (Å²) in [5.41, 5.74) is 12.2. The summed E-state index contributed by atoms with van der Waals surface area (Å²) < 4.78 is 5.39. The molecule has 2 aromatic carbocycles. The molecular formula is C34H46N6O7. The summed E-state index contributed by atoms with van der Waals surface area (Å²) in [6.07, 6.45) is 1.66. The SMILES string of the molecule is CC(=O)O[C@H](Cc1ccc(O)cc1)C(=O)N[C@H](Cc1ccccc1)C(=O)N1[C@@H](C(=O)NCCCCN=C(N)N)C[C@H]2CC[C@@H](O)C[C@H]21. The lowest BCUT2D eigenvalue weighted by atomic mass is 9.83. The fraction of sp³-hybridized carbons (Fsp3) is 0.500. The number of nitrogens with one attached hydrogen (secondary N) is 2. The number of phenolic OH excluding ortho intramolecular Hbond substituents is 1. The number of guanidine groups is 1. The van der Waals surface area contributed by atoms with E-state index in [2.05, 4.69) is 15.6 Å². The average Bonchev–Trinajstić information content (AvgIpc) is 3.41. The lowest BCUT2D eigenvalue weighted by Gasteiger charge is -2.37. The molecule has 1 heterocycles. The van der Waals surface area contributed by atoms with Gasteiger partial charge in [-0.2, -0.15) is 0 Å². The van der Waals surface area contributed by atoms with E-state index >= 15 is 0 Å². The topological polar surface area (TPSA) is 210 Å². The zero-order valence-corrected chi connectivity index (χ0v) is 26.7. The molecule has 13 heteroatoms. The van der Waals surface area contributed by atoms with Gasteiger partial charge in [-0.3, -0.25) is 24.2 Å². The molecule has 3 amide bonds. The van der Waals surface area contributed by atoms with Crippen LogP contribution in [-0.4, -0.2) is 88.2 Å². The maximum atomic E-state index is 14.6. The zero-order valence-electron chi connectivity index (χ0n) is 26.7. The van der Waals surface area contributed by atoms with Crippen molar-refractivity contribution in [2.75, 3.05) is 13.1 Å². The molecule has 0 radical (unpaired) electrons. The lowest BCUT2D eigenvalue weighted by molar-refractivity contribution is -0.155. The lowest BCUT2D eigenvalue weighted by Crippen LogP contribution is -2.58. The second-order valence-corrected chi connectivity index (χ2v) is 12.3. The molecule has 0 bridgehead atoms. The van der Waals surface area contributed by atoms with Crippen molar-refractivity contribution >= 4 is 29.7 Å². The van der Waals surface area contributed by atoms with Crippen LogP contribution in [0.15, 0.2) is 59.6 Å². The highest BCUT2D eigenvalue weighted by molar-refractivity contribution is 5.94. The van der Waals surface area contributed by atoms with Gasteiger partial charge in [0.05, 0.1) is 6.10 Å². The number of aliphatic hydroxyl groups excluding tert-OH is 1. The number of hydrogen-bond donors (Lipinski definition) is 6. The first-order chi connectivity index (χ1) is 22.5. The van der Waals surface area contributed by atoms with Crippen LogP contribution in [0.4, 0.5) is 0 Å². The van der Waals surface area contributed by atoms with Gasteiger partial charge in [-0.1, -0.05) is 42.5 Å². The van der Waals surface area contributed by atoms with Crippen LogP contribution in [0.25, 0.3) is 0 Å². The summed E-state index contributed by atoms with van der Waals surface area (Å²) in [5, 5.41) is 26.0. The van der Waals surface area contributed by atoms with Gasteiger partial charge in [0.15, 0.2) is 12.1 Å². The minimum absolute atomic E-state index is 0.00983. The Balaban J connectivity index is 1.57. The molecule has 1 aliphatic carbocycles. The van der Waals surface area contributed by atoms with Gasteiger partial charge in [0.1, 0.15) is 17.8 Å². The van der Waals surface area contributed by atoms with E-state index in [4.69, 9.17) is 16.2 Å². The second kappa shape index (κ2) is 16.8. The van der Waals surface area contributed by atoms with Crippen molar-refractivity contribution in [2.24, 2.45) is 22.4 Å². The van der Waals surface area contributed by atoms with Crippen molar-refractivity contribution in [2.45, 2.75) is 88.6 Å². The summed E-state index contributed by atoms with van der Waals surface area (Å²) in [4.78, 5) is 59.4. The number of carbonyl (C=O) groups is 4. The third-order valence-electron chi connectivity index (χ3n) is 8.74. The molecule has 8 N–H and O–H groups in total. The first kappa shape index (κ1) is 35.2. The van der Waals surface area contributed by atoms with Crippen molar-refractivity contribution in [3.05, 3.63) is 65.7 Å². The van der Waals surface area contributed by atoms with E-state index < -0.39 is 42.1 Å². The molecule has 0 unspecified atom stereocenters. The number of unbranched alkanes of at least 4 members (excludes halogenated alkanes) is 1. The van der Waals surface area contributed by atoms with Gasteiger partial charge < -0.3 is 42.0 Å². The molecular weight excluding hydrogens is 604 g/mol. The molecule has 2 fully saturated rings. The number of hydrogen-bond acceptors (Lipinski definition) is 8. The van der Waals surface area contributed by atoms with Crippen molar-refractivity contribution in [1.82, 2.24) is 15.5 Å². The Kier molecular flexibility index (Phi) is 12.6. The van der Waals surface area contributed by atoms with E-state index in [1.807, 2.05) is 30.3 Å². The standard InChI is InChI=1S/C34H46N6O7/c1-21(41)47-30(18-23-9-12-25(42)13-10-23)32(45)39-27(17-22-7-3-2-4-8-22)33(46)40-28-20-26(43)14-11-24(28)19-29(40)31(44)37-15-5-6-16-38-34(35)36/h2-4,7-10,12-13,24,26-30,42-43H,5-6,11,14-20H2,1H3,(H,37,44)(H,39,45)(H4,35,36,38)/t24-,26-,27-,28-,29-,30-/m1/s1. The van der Waals surface area contributed by atoms with Crippen molar-refractivity contribution in [3.63, 3.8) is 0 Å². The van der Waals surface area contributed by atoms with E-state index in [9.17, 15) is 29.4 Å². The minimum Gasteiger partial charge on any atom is -0.508 e. The molecule has 13 nitrogen and oxygen atoms in total. The van der Waals surface area contributed by atoms with Gasteiger partial charge in [-0.05, 0) is 67.7 Å². The van der Waals surface area contributed by atoms with E-state index in [0.717, 1.165) is 5.56 Å². The first-order valence-electron chi connectivity index (χ1n) is 16.1. The molecule has 47 heavy (non-hydrogen) atoms. The van der Waals surface area contributed by atoms with E-state index in [0.29, 0.717) is 57.2 Å². The number of nitrogens with zero attached hydrogens (tertiary/aromatic N) is 2. The van der Waals surface area contributed by atoms with Gasteiger partial charge in [0.2, 0.25) is 11.8 Å². The van der Waals surface area contributed by atoms with Crippen LogP contribution in [0, 0.1) is 5.92 Å². The highest BCUT2D eigenvalue weighted by Gasteiger charge is 2.50. The molecule has 4 rings (SSSR count). The summed E-state index contributed by atoms with van der Waals surface area (Å²) in [6, 6.07) is 13.1. The molecule has 2 aliphatic rings. The Labute approximate surface area is 274 Å². The van der Waals surface area contributed by atoms with E-state index in [1.54, 1.807) is 17.0 Å². The maximum Gasteiger partial charge on any atom is 0.303 e. The predicted molar refractivity (Wildman–Crippen MR) is 175 cm³/mol. The van der Waals surface area contributed by atoms with Gasteiger partial charge in [-0.15, -0.1) is 0 Å². The average molecular weight is 651 g/mol. The van der Waals surface area contributed by atoms with Gasteiger partial charge in [0, 0.05) is 38.9 Å². The van der Waals surface area contributed by atoms with Crippen LogP contribution < -0.4 is 22.1 Å². The number of nitrogens with two attached hydrogens (primary N) is 2. The number of phenols is 1. The number of aromatic hydroxyl groups is 1. The molecule has 0 aromatic heterocycles. The Morgan fingerprint density at radius 2 is 1.68 bits per heavy atom. The van der Waals surface area contributed by atoms with Crippen LogP contribution in [0.3, 0.4) is 0 Å². The zero-order chi connectivity index (χ0) is 33.9. The smallest absolute Gasteiger partial charge is 0.303 e. The molecule has 0 spiro atoms. The van der Waals surface area contributed by atoms with Crippen molar-refractivity contribution in [1.29, 1.82) is 0 Å². The molecule has 1 aliphatic heterocycles. The van der Waals surface area contributed by atoms with Crippen LogP contribution in [0.5, 0.6) is 5.75 Å². The van der Waals surface area contributed by atoms with Crippen LogP contribution >= 0.6 is 0 Å². The Morgan fingerprint density at radius 1 is 0.979 bits per heavy atom. The summed E-state index contributed by atoms with van der Waals surface area (Å²) in [7, 11) is 0. The number of rotatable bonds is 14. The van der Waals surface area contributed by atoms with Crippen molar-refractivity contribution < 1.29 is 34.1 Å². The number of aliphatic hydroxyl groups is 1. The Hall–Kier alpha value is -4.65. The highest BCUT2D eigenvalue weighted by Crippen LogP contribution is 2.40. The summed E-state index contributed by atoms with van der Waals surface area (Å²) in [6.45, 7) is 2.02. The Bertz CT molecular complexity index is 1400. The third-order valence-corrected chi connectivity index (χ3v) is 8.74. The number of benzene rings is 2. The minimum atomic E-state index is -1.25. The maximum absolute atomic E-state index is 14.6. The second-order valence-electron chi connectivity index (χ2n) is 12.3. The fourth-order valence-electron chi connectivity index (χ4n) is 6.49. The number of fused-ring (bicyclic) bond motifs is 1. The fourth-order valence-corrected chi connectivity index (χ4v) is 6.49. The summed E-state index contributed by atoms with van der Waals surface area (Å²) >= 11 is 0. The first-order valence-corrected chi connectivity index (χ1v) is 16.1. The third kappa shape index (κ3) is 10.2. The molecule has 2 aromatic rings. The number of aliphatic imine (C=N–C) groups is 1. The predicted octanol–water partition coefficient (Wildman–Crippen LogP) is 0.894. The number of esters is 1. The van der Waals surface area contributed by atoms with Crippen LogP contribution in [-0.2, 0) is 36.8 Å². The molecule has 6 atom stereocenters. The highest BCUT2D eigenvalue weighted by atomic mass is 16.5. The van der Waals surface area contributed by atoms with Crippen LogP contribution in [0.2, 0.25) is 0 Å². The number of amides is 3. The molecule has 254 valence electrons. The van der Waals surface area contributed by atoms with Gasteiger partial charge >= 0.3 is 5.97 Å². The van der Waals surface area contributed by atoms with Gasteiger partial charge in [-0.25, -0.2) is 0 Å². The van der Waals surface area contributed by atoms with Crippen molar-refractivity contribution in [3.8, 4) is 5.75 Å². The largest absolute Gasteiger partial charge is 0.508 e. The Morgan fingerprint density at radius 3 is 2.36 bits per heavy atom. The number of ether oxygens (including phenoxy) is 1. The van der Waals surface area contributed by atoms with Crippen LogP contribution in [0.1, 0.15) is 56.6 Å². The van der Waals surface area contributed by atoms with Gasteiger partial charge in [0.25, 0.3) is 5.91 Å².